The minimum absolute atomic E-state index is 0.222. The Balaban J connectivity index is 2.78. The summed E-state index contributed by atoms with van der Waals surface area (Å²) in [5, 5.41) is 9.56. The van der Waals surface area contributed by atoms with Gasteiger partial charge in [0, 0.05) is 12.0 Å². The monoisotopic (exact) mass is 330 g/mol. The minimum Gasteiger partial charge on any atom is -0.382 e. The van der Waals surface area contributed by atoms with E-state index in [-0.39, 0.29) is 12.0 Å². The van der Waals surface area contributed by atoms with Crippen molar-refractivity contribution in [2.45, 2.75) is 42.2 Å². The van der Waals surface area contributed by atoms with Crippen LogP contribution in [-0.2, 0) is 22.7 Å². The summed E-state index contributed by atoms with van der Waals surface area (Å²) in [5.74, 6) is -3.69. The van der Waals surface area contributed by atoms with Gasteiger partial charge >= 0.3 is 5.51 Å². The molecule has 118 valence electrons. The molecule has 2 rings (SSSR count). The van der Waals surface area contributed by atoms with Crippen LogP contribution in [0.3, 0.4) is 0 Å². The van der Waals surface area contributed by atoms with Crippen molar-refractivity contribution in [2.24, 2.45) is 0 Å². The van der Waals surface area contributed by atoms with Crippen molar-refractivity contribution in [3.05, 3.63) is 28.8 Å². The Morgan fingerprint density at radius 3 is 2.38 bits per heavy atom. The Hall–Kier alpha value is -1.22. The van der Waals surface area contributed by atoms with Gasteiger partial charge in [0.15, 0.2) is 0 Å². The molecule has 0 radical (unpaired) electrons. The molecule has 0 heterocycles. The number of benzene rings is 1. The molecular formula is C12H11F5O3S. The van der Waals surface area contributed by atoms with E-state index in [0.29, 0.717) is 11.6 Å². The van der Waals surface area contributed by atoms with Gasteiger partial charge < -0.3 is 5.11 Å². The number of hydrogen-bond donors (Lipinski definition) is 1. The molecule has 1 atom stereocenters. The first-order chi connectivity index (χ1) is 9.43. The summed E-state index contributed by atoms with van der Waals surface area (Å²) >= 11 is 0. The number of aliphatic hydroxyl groups excluding tert-OH is 1. The topological polar surface area (TPSA) is 54.4 Å². The number of sulfone groups is 1. The fourth-order valence-electron chi connectivity index (χ4n) is 2.43. The van der Waals surface area contributed by atoms with Gasteiger partial charge in [0.2, 0.25) is 0 Å². The zero-order valence-corrected chi connectivity index (χ0v) is 11.5. The standard InChI is InChI=1S/C12H11F5O3S/c1-2-6-3-4-8(21(19,20)12(15,16)17)9-7(6)5-11(13,14)10(9)18/h3-4,10,18H,2,5H2,1H3. The highest BCUT2D eigenvalue weighted by molar-refractivity contribution is 7.92. The van der Waals surface area contributed by atoms with Crippen molar-refractivity contribution in [3.8, 4) is 0 Å². The van der Waals surface area contributed by atoms with E-state index in [1.807, 2.05) is 0 Å². The third-order valence-corrected chi connectivity index (χ3v) is 5.02. The van der Waals surface area contributed by atoms with Crippen LogP contribution in [0.5, 0.6) is 0 Å². The van der Waals surface area contributed by atoms with Crippen molar-refractivity contribution >= 4 is 9.84 Å². The van der Waals surface area contributed by atoms with Gasteiger partial charge in [-0.25, -0.2) is 17.2 Å². The summed E-state index contributed by atoms with van der Waals surface area (Å²) in [6.07, 6.45) is -3.31. The second kappa shape index (κ2) is 4.64. The van der Waals surface area contributed by atoms with E-state index in [0.717, 1.165) is 6.07 Å². The Bertz CT molecular complexity index is 679. The third kappa shape index (κ3) is 2.32. The van der Waals surface area contributed by atoms with Crippen LogP contribution in [0.2, 0.25) is 0 Å². The van der Waals surface area contributed by atoms with Gasteiger partial charge in [-0.05, 0) is 23.6 Å². The molecule has 0 saturated carbocycles. The minimum atomic E-state index is -5.80. The largest absolute Gasteiger partial charge is 0.501 e. The van der Waals surface area contributed by atoms with Gasteiger partial charge in [0.25, 0.3) is 15.8 Å². The molecule has 0 aliphatic heterocycles. The molecule has 1 aliphatic rings. The Morgan fingerprint density at radius 1 is 1.33 bits per heavy atom. The molecule has 0 spiro atoms. The summed E-state index contributed by atoms with van der Waals surface area (Å²) in [7, 11) is -5.80. The van der Waals surface area contributed by atoms with Crippen LogP contribution in [0.4, 0.5) is 22.0 Å². The molecule has 0 aromatic heterocycles. The molecule has 9 heteroatoms. The Kier molecular flexibility index (Phi) is 3.57. The predicted molar refractivity (Wildman–Crippen MR) is 62.7 cm³/mol. The maximum absolute atomic E-state index is 13.6. The van der Waals surface area contributed by atoms with E-state index in [2.05, 4.69) is 0 Å². The summed E-state index contributed by atoms with van der Waals surface area (Å²) in [4.78, 5) is -1.30. The lowest BCUT2D eigenvalue weighted by molar-refractivity contribution is -0.0978. The zero-order valence-electron chi connectivity index (χ0n) is 10.7. The van der Waals surface area contributed by atoms with E-state index in [1.54, 1.807) is 6.92 Å². The van der Waals surface area contributed by atoms with Crippen molar-refractivity contribution in [2.75, 3.05) is 0 Å². The van der Waals surface area contributed by atoms with Crippen LogP contribution < -0.4 is 0 Å². The second-order valence-corrected chi connectivity index (χ2v) is 6.67. The summed E-state index contributed by atoms with van der Waals surface area (Å²) in [6.45, 7) is 1.59. The normalized spacial score (nSPS) is 21.4. The van der Waals surface area contributed by atoms with E-state index in [4.69, 9.17) is 0 Å². The molecule has 1 unspecified atom stereocenters. The number of rotatable bonds is 2. The first kappa shape index (κ1) is 16.2. The molecule has 3 nitrogen and oxygen atoms in total. The van der Waals surface area contributed by atoms with Gasteiger partial charge in [0.1, 0.15) is 6.10 Å². The quantitative estimate of drug-likeness (QED) is 0.849. The first-order valence-corrected chi connectivity index (χ1v) is 7.43. The van der Waals surface area contributed by atoms with Gasteiger partial charge in [-0.15, -0.1) is 0 Å². The average Bonchev–Trinajstić information content (AvgIpc) is 2.58. The van der Waals surface area contributed by atoms with Crippen molar-refractivity contribution < 1.29 is 35.5 Å². The van der Waals surface area contributed by atoms with Crippen LogP contribution in [0, 0.1) is 0 Å². The molecule has 0 amide bonds. The average molecular weight is 330 g/mol. The van der Waals surface area contributed by atoms with Gasteiger partial charge in [-0.2, -0.15) is 13.2 Å². The van der Waals surface area contributed by atoms with E-state index >= 15 is 0 Å². The predicted octanol–water partition coefficient (Wildman–Crippen LogP) is 2.77. The summed E-state index contributed by atoms with van der Waals surface area (Å²) < 4.78 is 88.0. The molecule has 1 aromatic rings. The first-order valence-electron chi connectivity index (χ1n) is 5.95. The number of hydrogen-bond acceptors (Lipinski definition) is 3. The van der Waals surface area contributed by atoms with Gasteiger partial charge in [-0.1, -0.05) is 13.0 Å². The summed E-state index contributed by atoms with van der Waals surface area (Å²) in [6, 6.07) is 1.71. The van der Waals surface area contributed by atoms with Crippen LogP contribution in [0.15, 0.2) is 17.0 Å². The van der Waals surface area contributed by atoms with E-state index in [9.17, 15) is 35.5 Å². The third-order valence-electron chi connectivity index (χ3n) is 3.48. The lowest BCUT2D eigenvalue weighted by Gasteiger charge is -2.17. The van der Waals surface area contributed by atoms with Crippen molar-refractivity contribution in [3.63, 3.8) is 0 Å². The van der Waals surface area contributed by atoms with Crippen LogP contribution in [0.1, 0.15) is 29.7 Å². The number of aliphatic hydroxyl groups is 1. The van der Waals surface area contributed by atoms with Crippen LogP contribution in [0.25, 0.3) is 0 Å². The highest BCUT2D eigenvalue weighted by atomic mass is 32.2. The molecule has 1 aliphatic carbocycles. The Labute approximate surface area is 117 Å². The molecule has 0 saturated heterocycles. The molecule has 0 fully saturated rings. The van der Waals surface area contributed by atoms with Gasteiger partial charge in [0.05, 0.1) is 4.90 Å². The number of fused-ring (bicyclic) bond motifs is 1. The lowest BCUT2D eigenvalue weighted by atomic mass is 10.0. The fraction of sp³-hybridized carbons (Fsp3) is 0.500. The maximum atomic E-state index is 13.6. The van der Waals surface area contributed by atoms with Crippen LogP contribution in [-0.4, -0.2) is 25.0 Å². The van der Waals surface area contributed by atoms with Crippen molar-refractivity contribution in [1.82, 2.24) is 0 Å². The summed E-state index contributed by atoms with van der Waals surface area (Å²) in [5.41, 5.74) is -6.38. The van der Waals surface area contributed by atoms with Crippen molar-refractivity contribution in [1.29, 1.82) is 0 Å². The lowest BCUT2D eigenvalue weighted by Crippen LogP contribution is -2.26. The van der Waals surface area contributed by atoms with Crippen LogP contribution >= 0.6 is 0 Å². The maximum Gasteiger partial charge on any atom is 0.501 e. The number of halogens is 5. The molecule has 0 bridgehead atoms. The molecule has 21 heavy (non-hydrogen) atoms. The molecule has 1 N–H and O–H groups in total. The second-order valence-electron chi connectivity index (χ2n) is 4.76. The van der Waals surface area contributed by atoms with E-state index in [1.165, 1.54) is 0 Å². The molecular weight excluding hydrogens is 319 g/mol. The van der Waals surface area contributed by atoms with Gasteiger partial charge in [-0.3, -0.25) is 0 Å². The van der Waals surface area contributed by atoms with E-state index < -0.39 is 44.3 Å². The highest BCUT2D eigenvalue weighted by Crippen LogP contribution is 2.48. The molecule has 1 aromatic carbocycles. The highest BCUT2D eigenvalue weighted by Gasteiger charge is 2.54. The SMILES string of the molecule is CCc1ccc(S(=O)(=O)C(F)(F)F)c2c1CC(F)(F)C2O. The number of aryl methyl sites for hydroxylation is 1. The smallest absolute Gasteiger partial charge is 0.382 e. The Morgan fingerprint density at radius 2 is 1.90 bits per heavy atom. The zero-order chi connectivity index (χ0) is 16.2. The number of alkyl halides is 5. The fourth-order valence-corrected chi connectivity index (χ4v) is 3.45.